The molecule has 0 saturated carbocycles. The van der Waals surface area contributed by atoms with Gasteiger partial charge < -0.3 is 20.6 Å². The number of amides is 1. The third-order valence-corrected chi connectivity index (χ3v) is 12.9. The first kappa shape index (κ1) is 61.3. The monoisotopic (exact) mass is 884 g/mol. The number of rotatable bonds is 51. The van der Waals surface area contributed by atoms with Gasteiger partial charge in [-0.05, 0) is 64.2 Å². The van der Waals surface area contributed by atoms with Crippen LogP contribution in [0.3, 0.4) is 0 Å². The molecule has 0 aliphatic heterocycles. The van der Waals surface area contributed by atoms with Crippen LogP contribution in [0.4, 0.5) is 0 Å². The van der Waals surface area contributed by atoms with Crippen LogP contribution < -0.4 is 5.32 Å². The normalized spacial score (nSPS) is 13.7. The van der Waals surface area contributed by atoms with Crippen molar-refractivity contribution in [3.05, 3.63) is 48.6 Å². The van der Waals surface area contributed by atoms with Gasteiger partial charge in [-0.15, -0.1) is 0 Å². The molecule has 0 aromatic rings. The lowest BCUT2D eigenvalue weighted by atomic mass is 10.0. The Kier molecular flexibility index (Phi) is 51.5. The van der Waals surface area contributed by atoms with Gasteiger partial charge in [-0.1, -0.05) is 274 Å². The summed E-state index contributed by atoms with van der Waals surface area (Å²) in [5.74, 6) is -0.511. The van der Waals surface area contributed by atoms with Crippen LogP contribution in [0.25, 0.3) is 0 Å². The quantitative estimate of drug-likeness (QED) is 0.0362. The van der Waals surface area contributed by atoms with Crippen LogP contribution in [0.5, 0.6) is 0 Å². The standard InChI is InChI=1S/C58H109NO4/c1-3-5-7-9-11-13-15-17-19-20-21-22-23-24-25-26-27-28-29-30-31-32-33-34-35-36-37-39-41-43-45-47-49-51-53-57(62)58(63)59-55(54-60)56(61)52-50-48-46-44-42-40-38-18-16-14-12-10-8-6-4-2/h23-24,26-27,42,44,50,52,55-57,60-62H,3-22,25,28-41,43,45-49,51,53-54H2,1-2H3,(H,59,63)/b24-23-,27-26-,44-42+,52-50+. The van der Waals surface area contributed by atoms with Gasteiger partial charge in [0.05, 0.1) is 18.8 Å². The highest BCUT2D eigenvalue weighted by molar-refractivity contribution is 5.80. The highest BCUT2D eigenvalue weighted by Gasteiger charge is 2.22. The summed E-state index contributed by atoms with van der Waals surface area (Å²) in [4.78, 5) is 12.5. The third kappa shape index (κ3) is 48.1. The minimum Gasteiger partial charge on any atom is -0.394 e. The topological polar surface area (TPSA) is 89.8 Å². The Labute approximate surface area is 393 Å². The van der Waals surface area contributed by atoms with Gasteiger partial charge in [-0.25, -0.2) is 0 Å². The predicted octanol–water partition coefficient (Wildman–Crippen LogP) is 17.2. The van der Waals surface area contributed by atoms with Gasteiger partial charge in [-0.3, -0.25) is 4.79 Å². The van der Waals surface area contributed by atoms with Crippen molar-refractivity contribution < 1.29 is 20.1 Å². The van der Waals surface area contributed by atoms with E-state index in [2.05, 4.69) is 55.6 Å². The number of hydrogen-bond acceptors (Lipinski definition) is 4. The second-order valence-corrected chi connectivity index (χ2v) is 19.1. The van der Waals surface area contributed by atoms with Crippen molar-refractivity contribution in [3.8, 4) is 0 Å². The van der Waals surface area contributed by atoms with Crippen molar-refractivity contribution >= 4 is 5.91 Å². The van der Waals surface area contributed by atoms with E-state index in [0.29, 0.717) is 6.42 Å². The van der Waals surface area contributed by atoms with Gasteiger partial charge in [0, 0.05) is 0 Å². The molecule has 5 nitrogen and oxygen atoms in total. The summed E-state index contributed by atoms with van der Waals surface area (Å²) in [5, 5.41) is 33.2. The summed E-state index contributed by atoms with van der Waals surface area (Å²) in [7, 11) is 0. The lowest BCUT2D eigenvalue weighted by Gasteiger charge is -2.21. The Hall–Kier alpha value is -1.69. The molecule has 1 amide bonds. The van der Waals surface area contributed by atoms with Gasteiger partial charge in [0.2, 0.25) is 5.91 Å². The maximum Gasteiger partial charge on any atom is 0.249 e. The highest BCUT2D eigenvalue weighted by atomic mass is 16.3. The van der Waals surface area contributed by atoms with Gasteiger partial charge in [0.15, 0.2) is 0 Å². The highest BCUT2D eigenvalue weighted by Crippen LogP contribution is 2.16. The molecule has 0 aliphatic rings. The van der Waals surface area contributed by atoms with E-state index in [0.717, 1.165) is 44.9 Å². The number of aliphatic hydroxyl groups excluding tert-OH is 3. The molecule has 0 aromatic heterocycles. The predicted molar refractivity (Wildman–Crippen MR) is 277 cm³/mol. The number of unbranched alkanes of at least 4 members (excludes halogenated alkanes) is 37. The summed E-state index contributed by atoms with van der Waals surface area (Å²) < 4.78 is 0. The Balaban J connectivity index is 3.54. The van der Waals surface area contributed by atoms with E-state index in [1.807, 2.05) is 6.08 Å². The zero-order valence-corrected chi connectivity index (χ0v) is 42.2. The minimum atomic E-state index is -1.11. The summed E-state index contributed by atoms with van der Waals surface area (Å²) in [6.07, 6.45) is 70.5. The van der Waals surface area contributed by atoms with Crippen molar-refractivity contribution in [2.24, 2.45) is 0 Å². The number of hydrogen-bond donors (Lipinski definition) is 4. The Bertz CT molecular complexity index is 1020. The maximum absolute atomic E-state index is 12.5. The molecule has 63 heavy (non-hydrogen) atoms. The molecule has 4 N–H and O–H groups in total. The average Bonchev–Trinajstić information content (AvgIpc) is 3.29. The van der Waals surface area contributed by atoms with Crippen LogP contribution in [-0.2, 0) is 4.79 Å². The molecule has 0 bridgehead atoms. The van der Waals surface area contributed by atoms with E-state index < -0.39 is 24.2 Å². The van der Waals surface area contributed by atoms with E-state index >= 15 is 0 Å². The number of nitrogens with one attached hydrogen (secondary N) is 1. The fraction of sp³-hybridized carbons (Fsp3) is 0.845. The van der Waals surface area contributed by atoms with E-state index in [1.54, 1.807) is 6.08 Å². The van der Waals surface area contributed by atoms with Crippen LogP contribution in [0.1, 0.15) is 290 Å². The van der Waals surface area contributed by atoms with E-state index in [1.165, 1.54) is 225 Å². The first-order valence-electron chi connectivity index (χ1n) is 28.0. The second-order valence-electron chi connectivity index (χ2n) is 19.1. The summed E-state index contributed by atoms with van der Waals surface area (Å²) >= 11 is 0. The molecule has 0 saturated heterocycles. The van der Waals surface area contributed by atoms with Crippen LogP contribution in [0.2, 0.25) is 0 Å². The summed E-state index contributed by atoms with van der Waals surface area (Å²) in [5.41, 5.74) is 0. The number of carbonyl (C=O) groups excluding carboxylic acids is 1. The van der Waals surface area contributed by atoms with Crippen molar-refractivity contribution in [2.45, 2.75) is 308 Å². The summed E-state index contributed by atoms with van der Waals surface area (Å²) in [6, 6.07) is -0.815. The van der Waals surface area contributed by atoms with Gasteiger partial charge in [0.25, 0.3) is 0 Å². The molecular weight excluding hydrogens is 775 g/mol. The average molecular weight is 885 g/mol. The lowest BCUT2D eigenvalue weighted by molar-refractivity contribution is -0.131. The Morgan fingerprint density at radius 2 is 0.698 bits per heavy atom. The molecule has 0 spiro atoms. The Morgan fingerprint density at radius 3 is 1.06 bits per heavy atom. The SMILES string of the molecule is CCCCCCCCCCC/C=C/CC/C=C/C(O)C(CO)NC(=O)C(O)CCCCCCCCCCCCCCCCCC/C=C\C/C=C\CCCCCCCCCCCCC. The van der Waals surface area contributed by atoms with Crippen molar-refractivity contribution in [1.82, 2.24) is 5.32 Å². The van der Waals surface area contributed by atoms with Crippen LogP contribution in [-0.4, -0.2) is 46.1 Å². The molecule has 0 aliphatic carbocycles. The fourth-order valence-corrected chi connectivity index (χ4v) is 8.53. The molecule has 0 fully saturated rings. The number of carbonyl (C=O) groups is 1. The van der Waals surface area contributed by atoms with E-state index in [9.17, 15) is 20.1 Å². The molecule has 3 unspecified atom stereocenters. The van der Waals surface area contributed by atoms with Crippen molar-refractivity contribution in [2.75, 3.05) is 6.61 Å². The smallest absolute Gasteiger partial charge is 0.249 e. The second kappa shape index (κ2) is 52.9. The number of allylic oxidation sites excluding steroid dienone is 7. The van der Waals surface area contributed by atoms with Gasteiger partial charge >= 0.3 is 0 Å². The van der Waals surface area contributed by atoms with Crippen LogP contribution >= 0.6 is 0 Å². The van der Waals surface area contributed by atoms with E-state index in [4.69, 9.17) is 0 Å². The van der Waals surface area contributed by atoms with Crippen molar-refractivity contribution in [1.29, 1.82) is 0 Å². The zero-order valence-electron chi connectivity index (χ0n) is 42.2. The molecule has 0 heterocycles. The van der Waals surface area contributed by atoms with Crippen LogP contribution in [0.15, 0.2) is 48.6 Å². The fourth-order valence-electron chi connectivity index (χ4n) is 8.53. The van der Waals surface area contributed by atoms with Gasteiger partial charge in [-0.2, -0.15) is 0 Å². The molecular formula is C58H109NO4. The first-order valence-corrected chi connectivity index (χ1v) is 28.0. The maximum atomic E-state index is 12.5. The molecule has 0 radical (unpaired) electrons. The number of aliphatic hydroxyl groups is 3. The van der Waals surface area contributed by atoms with Crippen LogP contribution in [0, 0.1) is 0 Å². The molecule has 3 atom stereocenters. The summed E-state index contributed by atoms with van der Waals surface area (Å²) in [6.45, 7) is 4.18. The first-order chi connectivity index (χ1) is 31.1. The third-order valence-electron chi connectivity index (χ3n) is 12.9. The largest absolute Gasteiger partial charge is 0.394 e. The molecule has 0 rings (SSSR count). The Morgan fingerprint density at radius 1 is 0.397 bits per heavy atom. The zero-order chi connectivity index (χ0) is 45.8. The molecule has 0 aromatic carbocycles. The lowest BCUT2D eigenvalue weighted by Crippen LogP contribution is -2.48. The van der Waals surface area contributed by atoms with Crippen molar-refractivity contribution in [3.63, 3.8) is 0 Å². The van der Waals surface area contributed by atoms with Gasteiger partial charge in [0.1, 0.15) is 6.10 Å². The molecule has 5 heteroatoms. The minimum absolute atomic E-state index is 0.376. The van der Waals surface area contributed by atoms with E-state index in [-0.39, 0.29) is 6.61 Å². The molecule has 370 valence electrons.